The minimum atomic E-state index is -0.122. The largest absolute Gasteiger partial charge is 0.476 e. The summed E-state index contributed by atoms with van der Waals surface area (Å²) in [4.78, 5) is 16.8. The molecule has 6 heteroatoms. The Bertz CT molecular complexity index is 642. The number of hydrogen-bond donors (Lipinski definition) is 1. The predicted octanol–water partition coefficient (Wildman–Crippen LogP) is 3.75. The number of ether oxygens (including phenoxy) is 2. The van der Waals surface area contributed by atoms with Crippen molar-refractivity contribution in [3.05, 3.63) is 22.8 Å². The third-order valence-corrected chi connectivity index (χ3v) is 5.84. The Morgan fingerprint density at radius 1 is 1.36 bits per heavy atom. The van der Waals surface area contributed by atoms with Crippen LogP contribution >= 0.6 is 11.6 Å². The number of hydrogen-bond acceptors (Lipinski definition) is 4. The lowest BCUT2D eigenvalue weighted by atomic mass is 9.89. The lowest BCUT2D eigenvalue weighted by Crippen LogP contribution is -2.47. The summed E-state index contributed by atoms with van der Waals surface area (Å²) in [7, 11) is 0. The van der Waals surface area contributed by atoms with Crippen molar-refractivity contribution in [2.45, 2.75) is 63.0 Å². The van der Waals surface area contributed by atoms with Crippen LogP contribution in [0.5, 0.6) is 5.88 Å². The summed E-state index contributed by atoms with van der Waals surface area (Å²) < 4.78 is 11.6. The fourth-order valence-corrected chi connectivity index (χ4v) is 4.15. The highest BCUT2D eigenvalue weighted by molar-refractivity contribution is 6.32. The first-order chi connectivity index (χ1) is 12.1. The fourth-order valence-electron chi connectivity index (χ4n) is 3.92. The normalized spacial score (nSPS) is 25.1. The zero-order valence-corrected chi connectivity index (χ0v) is 15.2. The van der Waals surface area contributed by atoms with Crippen LogP contribution in [0.4, 0.5) is 0 Å². The highest BCUT2D eigenvalue weighted by Gasteiger charge is 2.40. The van der Waals surface area contributed by atoms with E-state index in [2.05, 4.69) is 10.3 Å². The number of amides is 1. The van der Waals surface area contributed by atoms with Crippen LogP contribution in [0.25, 0.3) is 0 Å². The van der Waals surface area contributed by atoms with Gasteiger partial charge in [0.2, 0.25) is 5.88 Å². The quantitative estimate of drug-likeness (QED) is 0.864. The first kappa shape index (κ1) is 17.1. The molecule has 5 nitrogen and oxygen atoms in total. The lowest BCUT2D eigenvalue weighted by molar-refractivity contribution is -0.0823. The van der Waals surface area contributed by atoms with Gasteiger partial charge in [-0.25, -0.2) is 4.98 Å². The van der Waals surface area contributed by atoms with E-state index in [-0.39, 0.29) is 17.6 Å². The molecule has 25 heavy (non-hydrogen) atoms. The van der Waals surface area contributed by atoms with Crippen LogP contribution < -0.4 is 10.1 Å². The molecule has 1 spiro atoms. The Balaban J connectivity index is 1.36. The van der Waals surface area contributed by atoms with Crippen molar-refractivity contribution in [3.8, 4) is 5.88 Å². The molecule has 3 aliphatic rings. The van der Waals surface area contributed by atoms with E-state index in [0.29, 0.717) is 29.0 Å². The number of pyridine rings is 1. The molecule has 1 saturated heterocycles. The predicted molar refractivity (Wildman–Crippen MR) is 95.1 cm³/mol. The number of carbonyl (C=O) groups excluding carboxylic acids is 1. The fraction of sp³-hybridized carbons (Fsp3) is 0.684. The van der Waals surface area contributed by atoms with Crippen LogP contribution in [0.2, 0.25) is 5.02 Å². The molecule has 1 aromatic heterocycles. The monoisotopic (exact) mass is 364 g/mol. The van der Waals surface area contributed by atoms with Gasteiger partial charge in [0.1, 0.15) is 5.02 Å². The van der Waals surface area contributed by atoms with Crippen LogP contribution in [0.3, 0.4) is 0 Å². The Morgan fingerprint density at radius 2 is 2.16 bits per heavy atom. The molecule has 2 heterocycles. The van der Waals surface area contributed by atoms with Gasteiger partial charge >= 0.3 is 0 Å². The number of aromatic nitrogens is 1. The van der Waals surface area contributed by atoms with Gasteiger partial charge in [0.25, 0.3) is 5.91 Å². The van der Waals surface area contributed by atoms with E-state index in [9.17, 15) is 4.79 Å². The maximum atomic E-state index is 12.6. The molecule has 2 saturated carbocycles. The summed E-state index contributed by atoms with van der Waals surface area (Å²) in [5.74, 6) is 0.932. The van der Waals surface area contributed by atoms with Gasteiger partial charge in [-0.15, -0.1) is 0 Å². The smallest absolute Gasteiger partial charge is 0.253 e. The van der Waals surface area contributed by atoms with Gasteiger partial charge in [-0.3, -0.25) is 4.79 Å². The van der Waals surface area contributed by atoms with Crippen molar-refractivity contribution < 1.29 is 14.3 Å². The number of rotatable bonds is 5. The molecule has 2 aliphatic carbocycles. The topological polar surface area (TPSA) is 60.5 Å². The number of halogens is 1. The van der Waals surface area contributed by atoms with E-state index in [0.717, 1.165) is 32.3 Å². The molecule has 4 rings (SSSR count). The molecule has 0 radical (unpaired) electrons. The van der Waals surface area contributed by atoms with Gasteiger partial charge in [-0.05, 0) is 50.5 Å². The summed E-state index contributed by atoms with van der Waals surface area (Å²) in [6.07, 6.45) is 10.4. The van der Waals surface area contributed by atoms with Gasteiger partial charge < -0.3 is 14.8 Å². The van der Waals surface area contributed by atoms with Crippen molar-refractivity contribution in [2.24, 2.45) is 5.92 Å². The third-order valence-electron chi connectivity index (χ3n) is 5.57. The van der Waals surface area contributed by atoms with Gasteiger partial charge in [0.05, 0.1) is 17.8 Å². The first-order valence-corrected chi connectivity index (χ1v) is 9.75. The van der Waals surface area contributed by atoms with E-state index >= 15 is 0 Å². The summed E-state index contributed by atoms with van der Waals surface area (Å²) in [6.45, 7) is 1.38. The molecule has 1 amide bonds. The van der Waals surface area contributed by atoms with Crippen molar-refractivity contribution in [1.82, 2.24) is 10.3 Å². The summed E-state index contributed by atoms with van der Waals surface area (Å²) in [5, 5.41) is 3.53. The van der Waals surface area contributed by atoms with Gasteiger partial charge in [-0.1, -0.05) is 24.4 Å². The molecule has 1 N–H and O–H groups in total. The van der Waals surface area contributed by atoms with Crippen LogP contribution in [-0.2, 0) is 4.74 Å². The number of carbonyl (C=O) groups is 1. The Morgan fingerprint density at radius 3 is 2.88 bits per heavy atom. The SMILES string of the molecule is O=C(NC1CCOC2(CCCC2)C1)c1cnc(OCC2CC2)c(Cl)c1. The van der Waals surface area contributed by atoms with Crippen LogP contribution in [-0.4, -0.2) is 35.7 Å². The van der Waals surface area contributed by atoms with Gasteiger partial charge in [0.15, 0.2) is 0 Å². The van der Waals surface area contributed by atoms with E-state index in [1.165, 1.54) is 25.7 Å². The van der Waals surface area contributed by atoms with Gasteiger partial charge in [-0.2, -0.15) is 0 Å². The molecule has 1 aromatic rings. The third kappa shape index (κ3) is 4.09. The van der Waals surface area contributed by atoms with Gasteiger partial charge in [0, 0.05) is 18.8 Å². The molecule has 1 atom stereocenters. The van der Waals surface area contributed by atoms with Crippen molar-refractivity contribution in [3.63, 3.8) is 0 Å². The zero-order valence-electron chi connectivity index (χ0n) is 14.4. The van der Waals surface area contributed by atoms with Crippen molar-refractivity contribution >= 4 is 17.5 Å². The van der Waals surface area contributed by atoms with Crippen LogP contribution in [0, 0.1) is 5.92 Å². The Hall–Kier alpha value is -1.33. The molecular formula is C19H25ClN2O3. The lowest BCUT2D eigenvalue weighted by Gasteiger charge is -2.38. The average molecular weight is 365 g/mol. The maximum absolute atomic E-state index is 12.6. The second-order valence-corrected chi connectivity index (χ2v) is 8.07. The molecular weight excluding hydrogens is 340 g/mol. The van der Waals surface area contributed by atoms with Crippen molar-refractivity contribution in [1.29, 1.82) is 0 Å². The van der Waals surface area contributed by atoms with Crippen molar-refractivity contribution in [2.75, 3.05) is 13.2 Å². The highest BCUT2D eigenvalue weighted by atomic mass is 35.5. The molecule has 136 valence electrons. The number of nitrogens with zero attached hydrogens (tertiary/aromatic N) is 1. The number of nitrogens with one attached hydrogen (secondary N) is 1. The van der Waals surface area contributed by atoms with E-state index in [4.69, 9.17) is 21.1 Å². The van der Waals surface area contributed by atoms with Crippen LogP contribution in [0.1, 0.15) is 61.7 Å². The summed E-state index contributed by atoms with van der Waals surface area (Å²) in [5.41, 5.74) is 0.475. The average Bonchev–Trinajstić information content (AvgIpc) is 3.33. The molecule has 0 bridgehead atoms. The molecule has 3 fully saturated rings. The van der Waals surface area contributed by atoms with Crippen LogP contribution in [0.15, 0.2) is 12.3 Å². The van der Waals surface area contributed by atoms with E-state index < -0.39 is 0 Å². The van der Waals surface area contributed by atoms with E-state index in [1.54, 1.807) is 12.3 Å². The molecule has 0 aromatic carbocycles. The summed E-state index contributed by atoms with van der Waals surface area (Å²) >= 11 is 6.23. The minimum Gasteiger partial charge on any atom is -0.476 e. The molecule has 1 unspecified atom stereocenters. The second-order valence-electron chi connectivity index (χ2n) is 7.67. The van der Waals surface area contributed by atoms with E-state index in [1.807, 2.05) is 0 Å². The zero-order chi connectivity index (χ0) is 17.3. The summed E-state index contributed by atoms with van der Waals surface area (Å²) in [6, 6.07) is 1.81. The first-order valence-electron chi connectivity index (χ1n) is 9.37. The second kappa shape index (κ2) is 7.12. The standard InChI is InChI=1S/C19H25ClN2O3/c20-16-9-14(11-21-18(16)24-12-13-3-4-13)17(23)22-15-5-8-25-19(10-15)6-1-2-7-19/h9,11,13,15H,1-8,10,12H2,(H,22,23). The molecule has 1 aliphatic heterocycles. The highest BCUT2D eigenvalue weighted by Crippen LogP contribution is 2.40. The Kier molecular flexibility index (Phi) is 4.87. The maximum Gasteiger partial charge on any atom is 0.253 e. The minimum absolute atomic E-state index is 0.00734. The Labute approximate surface area is 153 Å².